The Bertz CT molecular complexity index is 4000. The number of nitrogens with zero attached hydrogens (tertiary/aromatic N) is 3. The zero-order chi connectivity index (χ0) is 45.3. The van der Waals surface area contributed by atoms with Crippen LogP contribution in [0.15, 0.2) is 180 Å². The fourth-order valence-corrected chi connectivity index (χ4v) is 9.93. The van der Waals surface area contributed by atoms with E-state index in [1.807, 2.05) is 121 Å². The molecular weight excluding hydrogens is 735 g/mol. The van der Waals surface area contributed by atoms with E-state index in [1.165, 1.54) is 11.3 Å². The molecule has 0 unspecified atom stereocenters. The summed E-state index contributed by atoms with van der Waals surface area (Å²) in [7, 11) is 0. The van der Waals surface area contributed by atoms with Crippen molar-refractivity contribution in [1.29, 1.82) is 0 Å². The number of hydrogen-bond acceptors (Lipinski definition) is 6. The highest BCUT2D eigenvalue weighted by atomic mass is 32.1. The Morgan fingerprint density at radius 3 is 1.98 bits per heavy atom. The second-order valence-corrected chi connectivity index (χ2v) is 15.7. The molecule has 4 nitrogen and oxygen atoms in total. The van der Waals surface area contributed by atoms with Gasteiger partial charge in [0.05, 0.1) is 12.3 Å². The monoisotopic (exact) mass is 772 g/mol. The van der Waals surface area contributed by atoms with E-state index in [1.54, 1.807) is 11.3 Å². The molecule has 57 heavy (non-hydrogen) atoms. The van der Waals surface area contributed by atoms with Crippen molar-refractivity contribution in [2.24, 2.45) is 0 Å². The lowest BCUT2D eigenvalue weighted by molar-refractivity contribution is 0.670. The molecule has 6 heteroatoms. The number of rotatable bonds is 5. The summed E-state index contributed by atoms with van der Waals surface area (Å²) in [6.07, 6.45) is 0. The second kappa shape index (κ2) is 12.8. The number of thiophene rings is 2. The zero-order valence-corrected chi connectivity index (χ0v) is 31.2. The number of para-hydroxylation sites is 1. The van der Waals surface area contributed by atoms with E-state index in [9.17, 15) is 6.85 Å². The summed E-state index contributed by atoms with van der Waals surface area (Å²) in [4.78, 5) is 14.8. The molecule has 8 aromatic carbocycles. The standard InChI is InChI=1S/C51H29N3OS2/c1-3-13-30(14-4-1)49-52-50(31-15-5-2-6-16-31)54-51(53-49)39-21-11-20-38-46-37(19-12-24-44(46)57-48(38)39)41-28-33(27-40-34-17-7-9-22-42(34)55-47(40)41)32-25-26-36-35-18-8-10-23-43(35)56-45(36)29-32/h1-29H/i7D,9D,12D,17D,19D,22D,24D,27D,28D. The Hall–Kier alpha value is -6.99. The number of aromatic nitrogens is 3. The van der Waals surface area contributed by atoms with Gasteiger partial charge in [0.1, 0.15) is 11.2 Å². The second-order valence-electron chi connectivity index (χ2n) is 13.6. The maximum Gasteiger partial charge on any atom is 0.165 e. The van der Waals surface area contributed by atoms with E-state index in [4.69, 9.17) is 24.9 Å². The molecule has 4 heterocycles. The molecule has 0 N–H and O–H groups in total. The predicted molar refractivity (Wildman–Crippen MR) is 240 cm³/mol. The average Bonchev–Trinajstić information content (AvgIpc) is 4.06. The van der Waals surface area contributed by atoms with Gasteiger partial charge in [0.25, 0.3) is 0 Å². The van der Waals surface area contributed by atoms with Crippen LogP contribution in [0.4, 0.5) is 0 Å². The van der Waals surface area contributed by atoms with E-state index in [2.05, 4.69) is 0 Å². The van der Waals surface area contributed by atoms with Crippen molar-refractivity contribution in [2.75, 3.05) is 0 Å². The molecule has 0 spiro atoms. The average molecular weight is 773 g/mol. The maximum atomic E-state index is 10.1. The number of furan rings is 1. The van der Waals surface area contributed by atoms with Crippen molar-refractivity contribution < 1.29 is 16.8 Å². The molecule has 0 aliphatic carbocycles. The summed E-state index contributed by atoms with van der Waals surface area (Å²) in [6.45, 7) is 0. The van der Waals surface area contributed by atoms with E-state index < -0.39 is 24.2 Å². The first-order valence-corrected chi connectivity index (χ1v) is 19.8. The van der Waals surface area contributed by atoms with Crippen molar-refractivity contribution in [3.05, 3.63) is 176 Å². The van der Waals surface area contributed by atoms with E-state index in [0.717, 1.165) is 31.3 Å². The van der Waals surface area contributed by atoms with Crippen LogP contribution >= 0.6 is 22.7 Å². The van der Waals surface area contributed by atoms with E-state index in [-0.39, 0.29) is 68.8 Å². The number of fused-ring (bicyclic) bond motifs is 9. The Kier molecular flexibility index (Phi) is 5.50. The third kappa shape index (κ3) is 5.22. The molecule has 266 valence electrons. The number of benzene rings is 8. The molecule has 0 radical (unpaired) electrons. The SMILES string of the molecule is [2H]c1c([2H])c([2H])c2c(oc3c(-c4c([2H])c([2H])c([2H])c5sc6c(-c7nc(-c8ccccc8)nc(-c8ccccc8)n7)cccc6c45)c([2H])c(-c4ccc5c(c4)sc4ccccc45)c([2H])c32)c1[2H]. The smallest absolute Gasteiger partial charge is 0.165 e. The Morgan fingerprint density at radius 2 is 1.16 bits per heavy atom. The Balaban J connectivity index is 1.20. The van der Waals surface area contributed by atoms with Gasteiger partial charge in [-0.3, -0.25) is 0 Å². The summed E-state index contributed by atoms with van der Waals surface area (Å²) in [5, 5.41) is 3.11. The van der Waals surface area contributed by atoms with Gasteiger partial charge < -0.3 is 4.42 Å². The molecule has 0 atom stereocenters. The topological polar surface area (TPSA) is 51.8 Å². The molecule has 12 rings (SSSR count). The molecule has 4 aromatic heterocycles. The van der Waals surface area contributed by atoms with Crippen LogP contribution in [-0.4, -0.2) is 15.0 Å². The molecular formula is C51H29N3OS2. The highest BCUT2D eigenvalue weighted by Gasteiger charge is 2.21. The van der Waals surface area contributed by atoms with Crippen molar-refractivity contribution in [3.8, 4) is 56.4 Å². The minimum Gasteiger partial charge on any atom is -0.455 e. The normalized spacial score (nSPS) is 14.1. The quantitative estimate of drug-likeness (QED) is 0.175. The first kappa shape index (κ1) is 24.5. The lowest BCUT2D eigenvalue weighted by atomic mass is 9.93. The summed E-state index contributed by atoms with van der Waals surface area (Å²) in [6, 6.07) is 35.4. The molecule has 0 aliphatic rings. The summed E-state index contributed by atoms with van der Waals surface area (Å²) in [5.74, 6) is 1.28. The third-order valence-electron chi connectivity index (χ3n) is 10.2. The van der Waals surface area contributed by atoms with E-state index in [0.29, 0.717) is 48.8 Å². The van der Waals surface area contributed by atoms with Gasteiger partial charge >= 0.3 is 0 Å². The highest BCUT2D eigenvalue weighted by molar-refractivity contribution is 7.26. The minimum atomic E-state index is -0.516. The lowest BCUT2D eigenvalue weighted by Gasteiger charge is -2.11. The third-order valence-corrected chi connectivity index (χ3v) is 12.5. The van der Waals surface area contributed by atoms with Crippen molar-refractivity contribution >= 4 is 85.0 Å². The fraction of sp³-hybridized carbons (Fsp3) is 0. The van der Waals surface area contributed by atoms with Crippen LogP contribution in [-0.2, 0) is 0 Å². The van der Waals surface area contributed by atoms with Gasteiger partial charge in [0.2, 0.25) is 0 Å². The zero-order valence-electron chi connectivity index (χ0n) is 38.6. The summed E-state index contributed by atoms with van der Waals surface area (Å²) >= 11 is 2.83. The van der Waals surface area contributed by atoms with Gasteiger partial charge in [0, 0.05) is 73.4 Å². The van der Waals surface area contributed by atoms with Gasteiger partial charge in [-0.2, -0.15) is 0 Å². The van der Waals surface area contributed by atoms with Gasteiger partial charge in [0.15, 0.2) is 17.5 Å². The first-order valence-electron chi connectivity index (χ1n) is 22.7. The van der Waals surface area contributed by atoms with Crippen molar-refractivity contribution in [2.45, 2.75) is 0 Å². The van der Waals surface area contributed by atoms with Crippen LogP contribution in [0.2, 0.25) is 0 Å². The molecule has 0 bridgehead atoms. The van der Waals surface area contributed by atoms with Crippen LogP contribution in [0, 0.1) is 0 Å². The lowest BCUT2D eigenvalue weighted by Crippen LogP contribution is -2.00. The fourth-order valence-electron chi connectivity index (χ4n) is 7.62. The molecule has 0 fully saturated rings. The minimum absolute atomic E-state index is 0.0202. The highest BCUT2D eigenvalue weighted by Crippen LogP contribution is 2.47. The summed E-state index contributed by atoms with van der Waals surface area (Å²) < 4.78 is 92.7. The number of hydrogen-bond donors (Lipinski definition) is 0. The maximum absolute atomic E-state index is 10.1. The summed E-state index contributed by atoms with van der Waals surface area (Å²) in [5.41, 5.74) is 2.74. The van der Waals surface area contributed by atoms with Gasteiger partial charge in [-0.25, -0.2) is 15.0 Å². The van der Waals surface area contributed by atoms with E-state index >= 15 is 0 Å². The van der Waals surface area contributed by atoms with Crippen LogP contribution in [0.3, 0.4) is 0 Å². The molecule has 0 aliphatic heterocycles. The van der Waals surface area contributed by atoms with Crippen molar-refractivity contribution in [3.63, 3.8) is 0 Å². The van der Waals surface area contributed by atoms with Crippen LogP contribution < -0.4 is 0 Å². The van der Waals surface area contributed by atoms with Gasteiger partial charge in [-0.05, 0) is 59.1 Å². The Morgan fingerprint density at radius 1 is 0.439 bits per heavy atom. The molecule has 0 amide bonds. The molecule has 0 saturated carbocycles. The van der Waals surface area contributed by atoms with Gasteiger partial charge in [-0.1, -0.05) is 133 Å². The molecule has 0 saturated heterocycles. The predicted octanol–water partition coefficient (Wildman–Crippen LogP) is 14.8. The largest absolute Gasteiger partial charge is 0.455 e. The van der Waals surface area contributed by atoms with Crippen LogP contribution in [0.1, 0.15) is 12.3 Å². The Labute approximate surface area is 347 Å². The van der Waals surface area contributed by atoms with Gasteiger partial charge in [-0.15, -0.1) is 22.7 Å². The van der Waals surface area contributed by atoms with Crippen LogP contribution in [0.5, 0.6) is 0 Å². The van der Waals surface area contributed by atoms with Crippen molar-refractivity contribution in [1.82, 2.24) is 15.0 Å². The molecule has 12 aromatic rings. The first-order chi connectivity index (χ1) is 32.0. The van der Waals surface area contributed by atoms with Crippen LogP contribution in [0.25, 0.3) is 119 Å².